The molecule has 0 saturated carbocycles. The molecule has 0 aromatic heterocycles. The van der Waals surface area contributed by atoms with Gasteiger partial charge in [0.25, 0.3) is 10.0 Å². The van der Waals surface area contributed by atoms with Crippen molar-refractivity contribution >= 4 is 15.7 Å². The predicted octanol–water partition coefficient (Wildman–Crippen LogP) is 2.67. The van der Waals surface area contributed by atoms with Crippen LogP contribution in [0.2, 0.25) is 0 Å². The van der Waals surface area contributed by atoms with E-state index in [1.807, 2.05) is 25.1 Å². The molecule has 2 aromatic rings. The van der Waals surface area contributed by atoms with Gasteiger partial charge in [-0.25, -0.2) is 8.42 Å². The Labute approximate surface area is 112 Å². The molecule has 0 atom stereocenters. The molecule has 0 aliphatic heterocycles. The van der Waals surface area contributed by atoms with Gasteiger partial charge >= 0.3 is 0 Å². The molecule has 2 rings (SSSR count). The van der Waals surface area contributed by atoms with Gasteiger partial charge in [-0.3, -0.25) is 4.72 Å². The first-order valence-electron chi connectivity index (χ1n) is 5.61. The van der Waals surface area contributed by atoms with Crippen molar-refractivity contribution in [3.8, 4) is 6.07 Å². The van der Waals surface area contributed by atoms with E-state index in [2.05, 4.69) is 4.72 Å². The zero-order valence-corrected chi connectivity index (χ0v) is 11.1. The molecule has 4 nitrogen and oxygen atoms in total. The highest BCUT2D eigenvalue weighted by Crippen LogP contribution is 2.19. The second kappa shape index (κ2) is 5.12. The highest BCUT2D eigenvalue weighted by atomic mass is 32.2. The maximum Gasteiger partial charge on any atom is 0.263 e. The van der Waals surface area contributed by atoms with Gasteiger partial charge in [-0.2, -0.15) is 5.26 Å². The Balaban J connectivity index is 2.38. The number of anilines is 1. The average molecular weight is 272 g/mol. The van der Waals surface area contributed by atoms with Gasteiger partial charge in [0.15, 0.2) is 0 Å². The third-order valence-electron chi connectivity index (χ3n) is 2.60. The molecule has 0 saturated heterocycles. The van der Waals surface area contributed by atoms with Crippen molar-refractivity contribution in [3.05, 3.63) is 59.7 Å². The molecule has 0 bridgehead atoms. The van der Waals surface area contributed by atoms with Crippen molar-refractivity contribution in [3.63, 3.8) is 0 Å². The van der Waals surface area contributed by atoms with E-state index in [4.69, 9.17) is 5.26 Å². The predicted molar refractivity (Wildman–Crippen MR) is 73.1 cm³/mol. The summed E-state index contributed by atoms with van der Waals surface area (Å²) in [6.45, 7) is 1.92. The second-order valence-corrected chi connectivity index (χ2v) is 5.73. The molecule has 0 fully saturated rings. The number of nitriles is 1. The van der Waals surface area contributed by atoms with Crippen LogP contribution in [0.5, 0.6) is 0 Å². The number of hydrogen-bond donors (Lipinski definition) is 1. The maximum absolute atomic E-state index is 12.2. The molecule has 0 spiro atoms. The lowest BCUT2D eigenvalue weighted by Gasteiger charge is -2.09. The Morgan fingerprint density at radius 2 is 1.68 bits per heavy atom. The molecule has 0 unspecified atom stereocenters. The van der Waals surface area contributed by atoms with Gasteiger partial charge < -0.3 is 0 Å². The van der Waals surface area contributed by atoms with Crippen LogP contribution in [0.3, 0.4) is 0 Å². The summed E-state index contributed by atoms with van der Waals surface area (Å²) in [5, 5.41) is 8.94. The summed E-state index contributed by atoms with van der Waals surface area (Å²) in [5.74, 6) is 0. The molecule has 1 N–H and O–H groups in total. The smallest absolute Gasteiger partial charge is 0.263 e. The van der Waals surface area contributed by atoms with E-state index in [1.165, 1.54) is 12.1 Å². The van der Waals surface area contributed by atoms with E-state index < -0.39 is 10.0 Å². The zero-order chi connectivity index (χ0) is 13.9. The molecule has 0 heterocycles. The molecule has 0 aliphatic rings. The first-order chi connectivity index (χ1) is 9.03. The third-order valence-corrected chi connectivity index (χ3v) is 4.04. The van der Waals surface area contributed by atoms with Gasteiger partial charge in [0.2, 0.25) is 0 Å². The van der Waals surface area contributed by atoms with Crippen molar-refractivity contribution in [1.29, 1.82) is 5.26 Å². The van der Waals surface area contributed by atoms with E-state index in [1.54, 1.807) is 24.3 Å². The van der Waals surface area contributed by atoms with Crippen LogP contribution in [-0.4, -0.2) is 8.42 Å². The molecule has 19 heavy (non-hydrogen) atoms. The monoisotopic (exact) mass is 272 g/mol. The fourth-order valence-electron chi connectivity index (χ4n) is 1.63. The Kier molecular flexibility index (Phi) is 3.54. The van der Waals surface area contributed by atoms with Crippen molar-refractivity contribution in [2.45, 2.75) is 11.8 Å². The summed E-state index contributed by atoms with van der Waals surface area (Å²) in [6.07, 6.45) is 0. The first-order valence-corrected chi connectivity index (χ1v) is 7.10. The van der Waals surface area contributed by atoms with Crippen molar-refractivity contribution < 1.29 is 8.42 Å². The molecule has 96 valence electrons. The van der Waals surface area contributed by atoms with Crippen LogP contribution in [0.25, 0.3) is 0 Å². The maximum atomic E-state index is 12.2. The van der Waals surface area contributed by atoms with Crippen LogP contribution in [0.15, 0.2) is 53.4 Å². The number of nitrogens with zero attached hydrogens (tertiary/aromatic N) is 1. The molecular formula is C14H12N2O2S. The van der Waals surface area contributed by atoms with E-state index in [0.29, 0.717) is 5.69 Å². The Morgan fingerprint density at radius 3 is 2.32 bits per heavy atom. The number of sulfonamides is 1. The van der Waals surface area contributed by atoms with E-state index in [-0.39, 0.29) is 10.5 Å². The summed E-state index contributed by atoms with van der Waals surface area (Å²) >= 11 is 0. The summed E-state index contributed by atoms with van der Waals surface area (Å²) in [5.41, 5.74) is 1.64. The fourth-order valence-corrected chi connectivity index (χ4v) is 2.84. The van der Waals surface area contributed by atoms with Gasteiger partial charge in [-0.05, 0) is 31.2 Å². The average Bonchev–Trinajstić information content (AvgIpc) is 2.41. The Bertz CT molecular complexity index is 729. The number of benzene rings is 2. The molecule has 2 aromatic carbocycles. The standard InChI is InChI=1S/C14H12N2O2S/c1-11-6-8-13(9-7-11)16-19(17,18)14-5-3-2-4-12(14)10-15/h2-9,16H,1H3. The van der Waals surface area contributed by atoms with Crippen LogP contribution in [0, 0.1) is 18.3 Å². The third kappa shape index (κ3) is 2.92. The number of aryl methyl sites for hydroxylation is 1. The first kappa shape index (κ1) is 13.1. The normalized spacial score (nSPS) is 10.7. The lowest BCUT2D eigenvalue weighted by Crippen LogP contribution is -2.14. The number of nitrogens with one attached hydrogen (secondary N) is 1. The van der Waals surface area contributed by atoms with Crippen LogP contribution in [0.1, 0.15) is 11.1 Å². The lowest BCUT2D eigenvalue weighted by molar-refractivity contribution is 0.601. The van der Waals surface area contributed by atoms with E-state index in [0.717, 1.165) is 5.56 Å². The molecule has 0 amide bonds. The quantitative estimate of drug-likeness (QED) is 0.933. The topological polar surface area (TPSA) is 70.0 Å². The highest BCUT2D eigenvalue weighted by molar-refractivity contribution is 7.92. The molecule has 5 heteroatoms. The minimum Gasteiger partial charge on any atom is -0.280 e. The Hall–Kier alpha value is -2.32. The van der Waals surface area contributed by atoms with Crippen LogP contribution in [0.4, 0.5) is 5.69 Å². The minimum atomic E-state index is -3.74. The van der Waals surface area contributed by atoms with Crippen molar-refractivity contribution in [2.75, 3.05) is 4.72 Å². The highest BCUT2D eigenvalue weighted by Gasteiger charge is 2.17. The molecule has 0 radical (unpaired) electrons. The molecular weight excluding hydrogens is 260 g/mol. The second-order valence-electron chi connectivity index (χ2n) is 4.08. The zero-order valence-electron chi connectivity index (χ0n) is 10.3. The summed E-state index contributed by atoms with van der Waals surface area (Å²) < 4.78 is 26.9. The molecule has 0 aliphatic carbocycles. The minimum absolute atomic E-state index is 0.0157. The van der Waals surface area contributed by atoms with Gasteiger partial charge in [-0.15, -0.1) is 0 Å². The Morgan fingerprint density at radius 1 is 1.05 bits per heavy atom. The van der Waals surface area contributed by atoms with Crippen molar-refractivity contribution in [1.82, 2.24) is 0 Å². The van der Waals surface area contributed by atoms with Gasteiger partial charge in [0.1, 0.15) is 11.0 Å². The largest absolute Gasteiger partial charge is 0.280 e. The van der Waals surface area contributed by atoms with Crippen LogP contribution in [-0.2, 0) is 10.0 Å². The summed E-state index contributed by atoms with van der Waals surface area (Å²) in [6, 6.07) is 15.0. The lowest BCUT2D eigenvalue weighted by atomic mass is 10.2. The van der Waals surface area contributed by atoms with Crippen molar-refractivity contribution in [2.24, 2.45) is 0 Å². The van der Waals surface area contributed by atoms with Crippen LogP contribution >= 0.6 is 0 Å². The van der Waals surface area contributed by atoms with E-state index >= 15 is 0 Å². The van der Waals surface area contributed by atoms with Gasteiger partial charge in [-0.1, -0.05) is 29.8 Å². The summed E-state index contributed by atoms with van der Waals surface area (Å²) in [7, 11) is -3.74. The van der Waals surface area contributed by atoms with E-state index in [9.17, 15) is 8.42 Å². The van der Waals surface area contributed by atoms with Gasteiger partial charge in [0, 0.05) is 5.69 Å². The number of hydrogen-bond acceptors (Lipinski definition) is 3. The SMILES string of the molecule is Cc1ccc(NS(=O)(=O)c2ccccc2C#N)cc1. The van der Waals surface area contributed by atoms with Gasteiger partial charge in [0.05, 0.1) is 5.56 Å². The fraction of sp³-hybridized carbons (Fsp3) is 0.0714. The van der Waals surface area contributed by atoms with Crippen LogP contribution < -0.4 is 4.72 Å². The number of rotatable bonds is 3. The summed E-state index contributed by atoms with van der Waals surface area (Å²) in [4.78, 5) is -0.0157.